The van der Waals surface area contributed by atoms with Crippen molar-refractivity contribution >= 4 is 23.2 Å². The molecule has 1 aliphatic rings. The van der Waals surface area contributed by atoms with Gasteiger partial charge in [0.1, 0.15) is 6.04 Å². The van der Waals surface area contributed by atoms with Gasteiger partial charge in [0.15, 0.2) is 0 Å². The lowest BCUT2D eigenvalue weighted by Gasteiger charge is -2.28. The zero-order chi connectivity index (χ0) is 22.3. The monoisotopic (exact) mass is 430 g/mol. The van der Waals surface area contributed by atoms with Crippen molar-refractivity contribution in [3.8, 4) is 10.4 Å². The number of nitrogens with zero attached hydrogens (tertiary/aromatic N) is 2. The van der Waals surface area contributed by atoms with Gasteiger partial charge in [-0.25, -0.2) is 4.98 Å². The van der Waals surface area contributed by atoms with E-state index in [0.29, 0.717) is 19.5 Å². The number of carbonyl (C=O) groups excluding carboxylic acids is 2. The first-order chi connectivity index (χ1) is 14.4. The molecule has 2 atom stereocenters. The summed E-state index contributed by atoms with van der Waals surface area (Å²) in [5.41, 5.74) is 11.0. The molecule has 2 aromatic rings. The molecule has 6 nitrogen and oxygen atoms in total. The minimum Gasteiger partial charge on any atom is -0.350 e. The first kappa shape index (κ1) is 24.0. The third-order valence-electron chi connectivity index (χ3n) is 5.27. The maximum Gasteiger partial charge on any atom is 0.243 e. The molecule has 30 heavy (non-hydrogen) atoms. The van der Waals surface area contributed by atoms with Crippen LogP contribution in [0.3, 0.4) is 0 Å². The molecule has 1 aromatic carbocycles. The molecule has 2 amide bonds. The zero-order valence-corrected chi connectivity index (χ0v) is 19.5. The van der Waals surface area contributed by atoms with Crippen molar-refractivity contribution in [2.45, 2.75) is 66.1 Å². The molecule has 1 aromatic heterocycles. The Labute approximate surface area is 183 Å². The highest BCUT2D eigenvalue weighted by atomic mass is 32.1. The third kappa shape index (κ3) is 5.67. The van der Waals surface area contributed by atoms with E-state index in [-0.39, 0.29) is 17.7 Å². The second kappa shape index (κ2) is 11.2. The first-order valence-electron chi connectivity index (χ1n) is 10.7. The van der Waals surface area contributed by atoms with Crippen molar-refractivity contribution in [3.05, 3.63) is 41.0 Å². The van der Waals surface area contributed by atoms with E-state index in [4.69, 9.17) is 5.73 Å². The van der Waals surface area contributed by atoms with Gasteiger partial charge in [0.05, 0.1) is 22.1 Å². The van der Waals surface area contributed by atoms with Gasteiger partial charge in [-0.1, -0.05) is 52.0 Å². The molecule has 1 fully saturated rings. The van der Waals surface area contributed by atoms with Crippen LogP contribution in [0.1, 0.15) is 51.8 Å². The fourth-order valence-electron chi connectivity index (χ4n) is 3.44. The highest BCUT2D eigenvalue weighted by Gasteiger charge is 2.36. The van der Waals surface area contributed by atoms with Crippen molar-refractivity contribution in [1.82, 2.24) is 15.2 Å². The summed E-state index contributed by atoms with van der Waals surface area (Å²) in [7, 11) is 0. The lowest BCUT2D eigenvalue weighted by atomic mass is 10.0. The Morgan fingerprint density at radius 3 is 2.50 bits per heavy atom. The number of aryl methyl sites for hydroxylation is 1. The van der Waals surface area contributed by atoms with Crippen LogP contribution in [0.5, 0.6) is 0 Å². The van der Waals surface area contributed by atoms with Crippen molar-refractivity contribution in [2.24, 2.45) is 11.7 Å². The number of benzene rings is 1. The Morgan fingerprint density at radius 2 is 1.93 bits per heavy atom. The van der Waals surface area contributed by atoms with E-state index in [1.54, 1.807) is 16.2 Å². The number of hydrogen-bond donors (Lipinski definition) is 2. The van der Waals surface area contributed by atoms with E-state index in [9.17, 15) is 9.59 Å². The number of aromatic nitrogens is 1. The van der Waals surface area contributed by atoms with Crippen LogP contribution in [-0.2, 0) is 16.1 Å². The fourth-order valence-corrected chi connectivity index (χ4v) is 4.25. The largest absolute Gasteiger partial charge is 0.350 e. The lowest BCUT2D eigenvalue weighted by Crippen LogP contribution is -2.52. The van der Waals surface area contributed by atoms with Crippen LogP contribution in [0, 0.1) is 12.8 Å². The van der Waals surface area contributed by atoms with Crippen LogP contribution >= 0.6 is 11.3 Å². The summed E-state index contributed by atoms with van der Waals surface area (Å²) in [6.45, 7) is 10.9. The molecule has 164 valence electrons. The van der Waals surface area contributed by atoms with E-state index in [1.807, 2.05) is 52.3 Å². The molecule has 0 aliphatic carbocycles. The second-order valence-corrected chi connectivity index (χ2v) is 8.50. The minimum absolute atomic E-state index is 0.0532. The topological polar surface area (TPSA) is 88.3 Å². The Hall–Kier alpha value is -2.25. The van der Waals surface area contributed by atoms with Gasteiger partial charge < -0.3 is 16.0 Å². The predicted octanol–water partition coefficient (Wildman–Crippen LogP) is 3.74. The summed E-state index contributed by atoms with van der Waals surface area (Å²) >= 11 is 1.62. The number of likely N-dealkylation sites (tertiary alicyclic amines) is 1. The fraction of sp³-hybridized carbons (Fsp3) is 0.522. The summed E-state index contributed by atoms with van der Waals surface area (Å²) in [6.07, 6.45) is 1.52. The smallest absolute Gasteiger partial charge is 0.243 e. The van der Waals surface area contributed by atoms with Gasteiger partial charge in [-0.2, -0.15) is 0 Å². The van der Waals surface area contributed by atoms with Crippen molar-refractivity contribution < 1.29 is 9.59 Å². The molecular formula is C23H34N4O2S. The van der Waals surface area contributed by atoms with Gasteiger partial charge in [0.2, 0.25) is 11.8 Å². The zero-order valence-electron chi connectivity index (χ0n) is 18.6. The van der Waals surface area contributed by atoms with E-state index in [2.05, 4.69) is 22.4 Å². The lowest BCUT2D eigenvalue weighted by molar-refractivity contribution is -0.140. The van der Waals surface area contributed by atoms with Gasteiger partial charge in [0, 0.05) is 13.1 Å². The van der Waals surface area contributed by atoms with Crippen LogP contribution in [0.15, 0.2) is 29.8 Å². The van der Waals surface area contributed by atoms with E-state index in [0.717, 1.165) is 28.1 Å². The Morgan fingerprint density at radius 1 is 1.27 bits per heavy atom. The molecule has 1 saturated heterocycles. The molecule has 2 heterocycles. The number of nitrogens with one attached hydrogen (secondary N) is 1. The molecule has 2 unspecified atom stereocenters. The number of hydrogen-bond acceptors (Lipinski definition) is 5. The molecule has 7 heteroatoms. The summed E-state index contributed by atoms with van der Waals surface area (Å²) in [5, 5.41) is 2.98. The molecule has 0 spiro atoms. The average Bonchev–Trinajstić information content (AvgIpc) is 3.42. The quantitative estimate of drug-likeness (QED) is 0.731. The second-order valence-electron chi connectivity index (χ2n) is 7.64. The predicted molar refractivity (Wildman–Crippen MR) is 123 cm³/mol. The third-order valence-corrected chi connectivity index (χ3v) is 6.25. The minimum atomic E-state index is -0.559. The van der Waals surface area contributed by atoms with Gasteiger partial charge in [-0.3, -0.25) is 9.59 Å². The Balaban J connectivity index is 0.00000155. The van der Waals surface area contributed by atoms with Crippen LogP contribution < -0.4 is 11.1 Å². The molecule has 0 radical (unpaired) electrons. The van der Waals surface area contributed by atoms with E-state index in [1.165, 1.54) is 0 Å². The summed E-state index contributed by atoms with van der Waals surface area (Å²) in [4.78, 5) is 32.3. The van der Waals surface area contributed by atoms with Gasteiger partial charge in [0.25, 0.3) is 0 Å². The molecule has 0 saturated carbocycles. The summed E-state index contributed by atoms with van der Waals surface area (Å²) in [6, 6.07) is 7.15. The molecule has 3 rings (SSSR count). The van der Waals surface area contributed by atoms with Crippen molar-refractivity contribution in [2.75, 3.05) is 6.54 Å². The number of thiazole rings is 1. The van der Waals surface area contributed by atoms with Crippen LogP contribution in [-0.4, -0.2) is 40.3 Å². The number of nitrogens with two attached hydrogens (primary N) is 1. The first-order valence-corrected chi connectivity index (χ1v) is 11.6. The molecular weight excluding hydrogens is 396 g/mol. The molecule has 0 bridgehead atoms. The van der Waals surface area contributed by atoms with Crippen molar-refractivity contribution in [3.63, 3.8) is 0 Å². The Kier molecular flexibility index (Phi) is 8.99. The Bertz CT molecular complexity index is 832. The maximum atomic E-state index is 12.7. The van der Waals surface area contributed by atoms with E-state index < -0.39 is 12.1 Å². The van der Waals surface area contributed by atoms with Crippen molar-refractivity contribution in [1.29, 1.82) is 0 Å². The van der Waals surface area contributed by atoms with Crippen LogP contribution in [0.25, 0.3) is 10.4 Å². The number of rotatable bonds is 6. The standard InChI is InChI=1S/C21H28N4O2S.C2H6/c1-13(2)18(22)21(27)25-10-4-5-17(25)20(26)23-11-15-6-8-16(9-7-15)19-14(3)24-12-28-19;1-2/h6-9,12-13,17-18H,4-5,10-11,22H2,1-3H3,(H,23,26);1-2H3. The summed E-state index contributed by atoms with van der Waals surface area (Å²) in [5.74, 6) is -0.182. The molecule has 1 aliphatic heterocycles. The normalized spacial score (nSPS) is 16.8. The van der Waals surface area contributed by atoms with Crippen LogP contribution in [0.4, 0.5) is 0 Å². The van der Waals surface area contributed by atoms with Gasteiger partial charge >= 0.3 is 0 Å². The van der Waals surface area contributed by atoms with Crippen LogP contribution in [0.2, 0.25) is 0 Å². The van der Waals surface area contributed by atoms with Gasteiger partial charge in [-0.05, 0) is 36.8 Å². The highest BCUT2D eigenvalue weighted by Crippen LogP contribution is 2.27. The SMILES string of the molecule is CC.Cc1ncsc1-c1ccc(CNC(=O)C2CCCN2C(=O)C(N)C(C)C)cc1. The average molecular weight is 431 g/mol. The number of amides is 2. The van der Waals surface area contributed by atoms with E-state index >= 15 is 0 Å². The van der Waals surface area contributed by atoms with Gasteiger partial charge in [-0.15, -0.1) is 11.3 Å². The number of carbonyl (C=O) groups is 2. The highest BCUT2D eigenvalue weighted by molar-refractivity contribution is 7.13. The maximum absolute atomic E-state index is 12.7. The molecule has 3 N–H and O–H groups in total. The summed E-state index contributed by atoms with van der Waals surface area (Å²) < 4.78 is 0.